The van der Waals surface area contributed by atoms with Gasteiger partial charge in [-0.25, -0.2) is 9.97 Å². The Morgan fingerprint density at radius 3 is 2.36 bits per heavy atom. The van der Waals surface area contributed by atoms with Gasteiger partial charge in [-0.1, -0.05) is 6.92 Å². The molecule has 2 heterocycles. The first-order valence-electron chi connectivity index (χ1n) is 4.47. The van der Waals surface area contributed by atoms with Crippen molar-refractivity contribution in [2.24, 2.45) is 0 Å². The van der Waals surface area contributed by atoms with E-state index >= 15 is 0 Å². The van der Waals surface area contributed by atoms with Gasteiger partial charge in [0.1, 0.15) is 5.82 Å². The number of hydrogen-bond acceptors (Lipinski definition) is 4. The first-order chi connectivity index (χ1) is 6.90. The van der Waals surface area contributed by atoms with Crippen LogP contribution in [0.15, 0.2) is 31.0 Å². The molecule has 0 bridgehead atoms. The van der Waals surface area contributed by atoms with Crippen molar-refractivity contribution < 1.29 is 0 Å². The van der Waals surface area contributed by atoms with Crippen LogP contribution in [0.3, 0.4) is 0 Å². The van der Waals surface area contributed by atoms with E-state index < -0.39 is 0 Å². The van der Waals surface area contributed by atoms with E-state index in [2.05, 4.69) is 19.9 Å². The van der Waals surface area contributed by atoms with Crippen LogP contribution in [0.4, 0.5) is 0 Å². The smallest absolute Gasteiger partial charge is 0.127 e. The highest BCUT2D eigenvalue weighted by atomic mass is 14.9. The van der Waals surface area contributed by atoms with Crippen LogP contribution in [0.5, 0.6) is 0 Å². The van der Waals surface area contributed by atoms with Crippen molar-refractivity contribution in [3.05, 3.63) is 36.8 Å². The molecule has 2 aromatic rings. The number of aromatic nitrogens is 4. The topological polar surface area (TPSA) is 51.6 Å². The molecule has 0 aliphatic heterocycles. The SMILES string of the molecule is CCc1ncc(-c2cnccn2)cn1. The van der Waals surface area contributed by atoms with Crippen LogP contribution in [0.25, 0.3) is 11.3 Å². The molecule has 4 nitrogen and oxygen atoms in total. The summed E-state index contributed by atoms with van der Waals surface area (Å²) in [6.45, 7) is 2.03. The normalized spacial score (nSPS) is 10.1. The minimum absolute atomic E-state index is 0.801. The van der Waals surface area contributed by atoms with Crippen LogP contribution in [-0.4, -0.2) is 19.9 Å². The molecule has 0 fully saturated rings. The lowest BCUT2D eigenvalue weighted by molar-refractivity contribution is 0.939. The van der Waals surface area contributed by atoms with Crippen molar-refractivity contribution in [2.45, 2.75) is 13.3 Å². The zero-order valence-electron chi connectivity index (χ0n) is 7.88. The van der Waals surface area contributed by atoms with E-state index in [-0.39, 0.29) is 0 Å². The molecule has 0 N–H and O–H groups in total. The van der Waals surface area contributed by atoms with Crippen molar-refractivity contribution >= 4 is 0 Å². The highest BCUT2D eigenvalue weighted by Crippen LogP contribution is 2.11. The standard InChI is InChI=1S/C10H10N4/c1-2-10-13-5-8(6-14-10)9-7-11-3-4-12-9/h3-7H,2H2,1H3. The minimum atomic E-state index is 0.801. The molecule has 2 aromatic heterocycles. The Morgan fingerprint density at radius 2 is 1.79 bits per heavy atom. The average molecular weight is 186 g/mol. The lowest BCUT2D eigenvalue weighted by atomic mass is 10.2. The number of hydrogen-bond donors (Lipinski definition) is 0. The van der Waals surface area contributed by atoms with Crippen molar-refractivity contribution in [3.8, 4) is 11.3 Å². The molecule has 0 unspecified atom stereocenters. The summed E-state index contributed by atoms with van der Waals surface area (Å²) >= 11 is 0. The molecule has 0 aliphatic carbocycles. The maximum Gasteiger partial charge on any atom is 0.127 e. The van der Waals surface area contributed by atoms with Crippen LogP contribution in [0, 0.1) is 0 Å². The summed E-state index contributed by atoms with van der Waals surface area (Å²) in [6, 6.07) is 0. The number of nitrogens with zero attached hydrogens (tertiary/aromatic N) is 4. The third-order valence-electron chi connectivity index (χ3n) is 1.88. The molecule has 0 aromatic carbocycles. The Kier molecular flexibility index (Phi) is 2.44. The Labute approximate surface area is 82.1 Å². The molecule has 0 spiro atoms. The fourth-order valence-corrected chi connectivity index (χ4v) is 1.12. The molecule has 0 radical (unpaired) electrons. The molecule has 0 saturated heterocycles. The Morgan fingerprint density at radius 1 is 1.00 bits per heavy atom. The van der Waals surface area contributed by atoms with Crippen LogP contribution >= 0.6 is 0 Å². The average Bonchev–Trinajstić information content (AvgIpc) is 2.30. The van der Waals surface area contributed by atoms with Gasteiger partial charge in [-0.05, 0) is 0 Å². The van der Waals surface area contributed by atoms with Crippen molar-refractivity contribution in [3.63, 3.8) is 0 Å². The predicted molar refractivity (Wildman–Crippen MR) is 52.4 cm³/mol. The second-order valence-corrected chi connectivity index (χ2v) is 2.83. The van der Waals surface area contributed by atoms with E-state index in [9.17, 15) is 0 Å². The first-order valence-corrected chi connectivity index (χ1v) is 4.47. The molecule has 70 valence electrons. The second-order valence-electron chi connectivity index (χ2n) is 2.83. The van der Waals surface area contributed by atoms with Gasteiger partial charge in [-0.3, -0.25) is 9.97 Å². The third-order valence-corrected chi connectivity index (χ3v) is 1.88. The van der Waals surface area contributed by atoms with Crippen LogP contribution in [0.1, 0.15) is 12.7 Å². The monoisotopic (exact) mass is 186 g/mol. The van der Waals surface area contributed by atoms with E-state index in [1.165, 1.54) is 0 Å². The van der Waals surface area contributed by atoms with Gasteiger partial charge >= 0.3 is 0 Å². The molecular weight excluding hydrogens is 176 g/mol. The fraction of sp³-hybridized carbons (Fsp3) is 0.200. The van der Waals surface area contributed by atoms with Gasteiger partial charge in [-0.15, -0.1) is 0 Å². The van der Waals surface area contributed by atoms with E-state index in [1.54, 1.807) is 31.0 Å². The third kappa shape index (κ3) is 1.74. The summed E-state index contributed by atoms with van der Waals surface area (Å²) in [5.74, 6) is 0.845. The fourth-order valence-electron chi connectivity index (χ4n) is 1.12. The molecule has 2 rings (SSSR count). The minimum Gasteiger partial charge on any atom is -0.261 e. The highest BCUT2D eigenvalue weighted by Gasteiger charge is 1.99. The van der Waals surface area contributed by atoms with Crippen LogP contribution in [-0.2, 0) is 6.42 Å². The Hall–Kier alpha value is -1.84. The van der Waals surface area contributed by atoms with Gasteiger partial charge in [-0.2, -0.15) is 0 Å². The maximum absolute atomic E-state index is 4.19. The van der Waals surface area contributed by atoms with Crippen molar-refractivity contribution in [1.29, 1.82) is 0 Å². The molecule has 4 heteroatoms. The van der Waals surface area contributed by atoms with Gasteiger partial charge in [0.2, 0.25) is 0 Å². The summed E-state index contributed by atoms with van der Waals surface area (Å²) in [4.78, 5) is 16.5. The summed E-state index contributed by atoms with van der Waals surface area (Å²) in [5.41, 5.74) is 1.70. The van der Waals surface area contributed by atoms with Gasteiger partial charge in [0, 0.05) is 36.8 Å². The summed E-state index contributed by atoms with van der Waals surface area (Å²) in [5, 5.41) is 0. The molecule has 0 amide bonds. The zero-order chi connectivity index (χ0) is 9.80. The van der Waals surface area contributed by atoms with Gasteiger partial charge in [0.15, 0.2) is 0 Å². The van der Waals surface area contributed by atoms with Gasteiger partial charge in [0.25, 0.3) is 0 Å². The number of rotatable bonds is 2. The molecule has 0 saturated carbocycles. The quantitative estimate of drug-likeness (QED) is 0.713. The van der Waals surface area contributed by atoms with Gasteiger partial charge in [0.05, 0.1) is 11.9 Å². The maximum atomic E-state index is 4.19. The van der Waals surface area contributed by atoms with Crippen LogP contribution in [0.2, 0.25) is 0 Å². The van der Waals surface area contributed by atoms with E-state index in [1.807, 2.05) is 6.92 Å². The summed E-state index contributed by atoms with van der Waals surface area (Å²) in [6.07, 6.45) is 9.39. The highest BCUT2D eigenvalue weighted by molar-refractivity contribution is 5.54. The molecule has 14 heavy (non-hydrogen) atoms. The second kappa shape index (κ2) is 3.91. The predicted octanol–water partition coefficient (Wildman–Crippen LogP) is 1.50. The summed E-state index contributed by atoms with van der Waals surface area (Å²) < 4.78 is 0. The van der Waals surface area contributed by atoms with E-state index in [4.69, 9.17) is 0 Å². The molecule has 0 aliphatic rings. The lowest BCUT2D eigenvalue weighted by Crippen LogP contribution is -1.93. The summed E-state index contributed by atoms with van der Waals surface area (Å²) in [7, 11) is 0. The van der Waals surface area contributed by atoms with Crippen molar-refractivity contribution in [2.75, 3.05) is 0 Å². The first kappa shape index (κ1) is 8.74. The Bertz CT molecular complexity index is 396. The van der Waals surface area contributed by atoms with E-state index in [0.29, 0.717) is 0 Å². The number of aryl methyl sites for hydroxylation is 1. The largest absolute Gasteiger partial charge is 0.261 e. The van der Waals surface area contributed by atoms with E-state index in [0.717, 1.165) is 23.5 Å². The molecular formula is C10H10N4. The van der Waals surface area contributed by atoms with Crippen LogP contribution < -0.4 is 0 Å². The lowest BCUT2D eigenvalue weighted by Gasteiger charge is -1.99. The Balaban J connectivity index is 2.34. The van der Waals surface area contributed by atoms with Crippen molar-refractivity contribution in [1.82, 2.24) is 19.9 Å². The van der Waals surface area contributed by atoms with Gasteiger partial charge < -0.3 is 0 Å². The zero-order valence-corrected chi connectivity index (χ0v) is 7.88. The molecule has 0 atom stereocenters.